The number of hydrogen-bond acceptors (Lipinski definition) is 3. The Balaban J connectivity index is 1.70. The van der Waals surface area contributed by atoms with Gasteiger partial charge in [-0.1, -0.05) is 24.3 Å². The van der Waals surface area contributed by atoms with Gasteiger partial charge in [0.1, 0.15) is 5.82 Å². The van der Waals surface area contributed by atoms with Crippen molar-refractivity contribution < 1.29 is 14.0 Å². The summed E-state index contributed by atoms with van der Waals surface area (Å²) in [6, 6.07) is 5.85. The maximum absolute atomic E-state index is 12.9. The highest BCUT2D eigenvalue weighted by atomic mass is 19.1. The molecule has 0 spiro atoms. The number of amides is 2. The van der Waals surface area contributed by atoms with Gasteiger partial charge in [-0.25, -0.2) is 4.39 Å². The van der Waals surface area contributed by atoms with E-state index in [2.05, 4.69) is 10.2 Å². The first-order chi connectivity index (χ1) is 12.6. The van der Waals surface area contributed by atoms with Crippen LogP contribution in [0.25, 0.3) is 6.08 Å². The number of halogens is 1. The molecule has 7 heteroatoms. The van der Waals surface area contributed by atoms with Crippen LogP contribution in [0.3, 0.4) is 0 Å². The molecule has 1 atom stereocenters. The van der Waals surface area contributed by atoms with Gasteiger partial charge < -0.3 is 10.6 Å². The number of H-pyrrole nitrogens is 1. The number of carbonyl (C=O) groups is 2. The van der Waals surface area contributed by atoms with Crippen LogP contribution in [-0.2, 0) is 4.79 Å². The summed E-state index contributed by atoms with van der Waals surface area (Å²) < 4.78 is 12.9. The molecule has 6 nitrogen and oxygen atoms in total. The fourth-order valence-corrected chi connectivity index (χ4v) is 3.26. The van der Waals surface area contributed by atoms with Gasteiger partial charge in [0.2, 0.25) is 5.91 Å². The molecule has 0 aliphatic carbocycles. The maximum atomic E-state index is 12.9. The average Bonchev–Trinajstić information content (AvgIpc) is 3.13. The van der Waals surface area contributed by atoms with Crippen molar-refractivity contribution in [3.63, 3.8) is 0 Å². The summed E-state index contributed by atoms with van der Waals surface area (Å²) in [4.78, 5) is 26.0. The van der Waals surface area contributed by atoms with Crippen molar-refractivity contribution >= 4 is 17.9 Å². The predicted molar refractivity (Wildman–Crippen MR) is 95.5 cm³/mol. The van der Waals surface area contributed by atoms with Crippen molar-refractivity contribution in [1.29, 1.82) is 0 Å². The number of piperidine rings is 1. The van der Waals surface area contributed by atoms with Crippen molar-refractivity contribution in [3.05, 3.63) is 59.2 Å². The molecule has 0 bridgehead atoms. The smallest absolute Gasteiger partial charge is 0.252 e. The van der Waals surface area contributed by atoms with Crippen LogP contribution in [0.4, 0.5) is 4.39 Å². The standard InChI is InChI=1S/C19H21FN4O2/c20-14-9-7-13(8-10-14)4-3-6-17(25)24-11-2-1-5-16(24)18-15(19(21)26)12-22-23-18/h3-4,7-10,12,16H,1-2,5-6,11H2,(H2,21,26)(H,22,23)/b4-3+. The number of nitrogens with two attached hydrogens (primary N) is 1. The van der Waals surface area contributed by atoms with Crippen LogP contribution >= 0.6 is 0 Å². The Morgan fingerprint density at radius 1 is 1.31 bits per heavy atom. The first-order valence-corrected chi connectivity index (χ1v) is 8.61. The molecule has 136 valence electrons. The SMILES string of the molecule is NC(=O)c1cn[nH]c1C1CCCCN1C(=O)C/C=C/c1ccc(F)cc1. The van der Waals surface area contributed by atoms with E-state index in [4.69, 9.17) is 5.73 Å². The van der Waals surface area contributed by atoms with Gasteiger partial charge in [0.05, 0.1) is 23.5 Å². The normalized spacial score (nSPS) is 17.6. The molecule has 1 aromatic carbocycles. The first kappa shape index (κ1) is 17.8. The van der Waals surface area contributed by atoms with E-state index in [-0.39, 0.29) is 24.2 Å². The van der Waals surface area contributed by atoms with Crippen LogP contribution in [0.2, 0.25) is 0 Å². The molecule has 3 rings (SSSR count). The average molecular weight is 356 g/mol. The Kier molecular flexibility index (Phi) is 5.46. The van der Waals surface area contributed by atoms with Gasteiger partial charge in [-0.3, -0.25) is 14.7 Å². The second-order valence-corrected chi connectivity index (χ2v) is 6.32. The van der Waals surface area contributed by atoms with Gasteiger partial charge in [-0.2, -0.15) is 5.10 Å². The molecule has 2 aromatic rings. The Morgan fingerprint density at radius 3 is 2.81 bits per heavy atom. The van der Waals surface area contributed by atoms with Gasteiger partial charge in [-0.15, -0.1) is 0 Å². The van der Waals surface area contributed by atoms with Crippen LogP contribution < -0.4 is 5.73 Å². The molecule has 1 aliphatic rings. The molecular weight excluding hydrogens is 335 g/mol. The Hall–Kier alpha value is -2.96. The lowest BCUT2D eigenvalue weighted by Gasteiger charge is -2.35. The largest absolute Gasteiger partial charge is 0.365 e. The third-order valence-corrected chi connectivity index (χ3v) is 4.56. The lowest BCUT2D eigenvalue weighted by Crippen LogP contribution is -2.39. The van der Waals surface area contributed by atoms with Crippen LogP contribution in [0.5, 0.6) is 0 Å². The topological polar surface area (TPSA) is 92.1 Å². The molecule has 26 heavy (non-hydrogen) atoms. The minimum absolute atomic E-state index is 0.0296. The summed E-state index contributed by atoms with van der Waals surface area (Å²) in [5.41, 5.74) is 7.17. The van der Waals surface area contributed by atoms with Crippen molar-refractivity contribution in [2.24, 2.45) is 5.73 Å². The number of aromatic nitrogens is 2. The minimum atomic E-state index is -0.553. The van der Waals surface area contributed by atoms with E-state index in [1.807, 2.05) is 0 Å². The molecule has 3 N–H and O–H groups in total. The number of likely N-dealkylation sites (tertiary alicyclic amines) is 1. The molecule has 0 radical (unpaired) electrons. The van der Waals surface area contributed by atoms with Gasteiger partial charge in [0.15, 0.2) is 0 Å². The maximum Gasteiger partial charge on any atom is 0.252 e. The van der Waals surface area contributed by atoms with E-state index < -0.39 is 5.91 Å². The fourth-order valence-electron chi connectivity index (χ4n) is 3.26. The van der Waals surface area contributed by atoms with Crippen molar-refractivity contribution in [2.75, 3.05) is 6.54 Å². The number of hydrogen-bond donors (Lipinski definition) is 2. The lowest BCUT2D eigenvalue weighted by atomic mass is 9.96. The number of primary amides is 1. The molecule has 1 unspecified atom stereocenters. The van der Waals surface area contributed by atoms with Crippen LogP contribution in [0, 0.1) is 5.82 Å². The monoisotopic (exact) mass is 356 g/mol. The quantitative estimate of drug-likeness (QED) is 0.863. The summed E-state index contributed by atoms with van der Waals surface area (Å²) in [6.07, 6.45) is 7.85. The third kappa shape index (κ3) is 3.99. The van der Waals surface area contributed by atoms with E-state index in [9.17, 15) is 14.0 Å². The zero-order valence-electron chi connectivity index (χ0n) is 14.3. The highest BCUT2D eigenvalue weighted by Gasteiger charge is 2.31. The molecule has 1 saturated heterocycles. The first-order valence-electron chi connectivity index (χ1n) is 8.61. The number of nitrogens with one attached hydrogen (secondary N) is 1. The van der Waals surface area contributed by atoms with Crippen molar-refractivity contribution in [2.45, 2.75) is 31.7 Å². The van der Waals surface area contributed by atoms with Crippen LogP contribution in [0.15, 0.2) is 36.5 Å². The van der Waals surface area contributed by atoms with E-state index >= 15 is 0 Å². The molecule has 2 heterocycles. The molecule has 1 aromatic heterocycles. The predicted octanol–water partition coefficient (Wildman–Crippen LogP) is 2.80. The van der Waals surface area contributed by atoms with Crippen molar-refractivity contribution in [1.82, 2.24) is 15.1 Å². The minimum Gasteiger partial charge on any atom is -0.365 e. The Bertz CT molecular complexity index is 813. The van der Waals surface area contributed by atoms with E-state index in [0.717, 1.165) is 24.8 Å². The van der Waals surface area contributed by atoms with E-state index in [0.29, 0.717) is 17.8 Å². The zero-order valence-corrected chi connectivity index (χ0v) is 14.3. The molecule has 1 fully saturated rings. The molecular formula is C19H21FN4O2. The lowest BCUT2D eigenvalue weighted by molar-refractivity contribution is -0.134. The number of aromatic amines is 1. The van der Waals surface area contributed by atoms with Gasteiger partial charge in [0.25, 0.3) is 5.91 Å². The van der Waals surface area contributed by atoms with Gasteiger partial charge in [-0.05, 0) is 37.0 Å². The van der Waals surface area contributed by atoms with Crippen LogP contribution in [0.1, 0.15) is 53.3 Å². The summed E-state index contributed by atoms with van der Waals surface area (Å²) in [6.45, 7) is 0.630. The number of benzene rings is 1. The highest BCUT2D eigenvalue weighted by Crippen LogP contribution is 2.32. The van der Waals surface area contributed by atoms with Crippen LogP contribution in [-0.4, -0.2) is 33.5 Å². The second-order valence-electron chi connectivity index (χ2n) is 6.32. The third-order valence-electron chi connectivity index (χ3n) is 4.56. The van der Waals surface area contributed by atoms with Gasteiger partial charge >= 0.3 is 0 Å². The summed E-state index contributed by atoms with van der Waals surface area (Å²) in [7, 11) is 0. The molecule has 2 amide bonds. The highest BCUT2D eigenvalue weighted by molar-refractivity contribution is 5.94. The van der Waals surface area contributed by atoms with E-state index in [1.54, 1.807) is 29.2 Å². The summed E-state index contributed by atoms with van der Waals surface area (Å²) in [5, 5.41) is 6.74. The number of nitrogens with zero attached hydrogens (tertiary/aromatic N) is 2. The Morgan fingerprint density at radius 2 is 2.08 bits per heavy atom. The zero-order chi connectivity index (χ0) is 18.5. The fraction of sp³-hybridized carbons (Fsp3) is 0.316. The summed E-state index contributed by atoms with van der Waals surface area (Å²) in [5.74, 6) is -0.875. The molecule has 0 saturated carbocycles. The summed E-state index contributed by atoms with van der Waals surface area (Å²) >= 11 is 0. The van der Waals surface area contributed by atoms with E-state index in [1.165, 1.54) is 18.3 Å². The number of rotatable bonds is 5. The van der Waals surface area contributed by atoms with Gasteiger partial charge in [0, 0.05) is 13.0 Å². The second kappa shape index (κ2) is 7.95. The number of carbonyl (C=O) groups excluding carboxylic acids is 2. The van der Waals surface area contributed by atoms with Crippen molar-refractivity contribution in [3.8, 4) is 0 Å². The Labute approximate surface area is 150 Å². The molecule has 1 aliphatic heterocycles.